The van der Waals surface area contributed by atoms with E-state index >= 15 is 0 Å². The van der Waals surface area contributed by atoms with Gasteiger partial charge in [0.15, 0.2) is 6.10 Å². The van der Waals surface area contributed by atoms with E-state index in [9.17, 15) is 22.4 Å². The molecule has 0 heterocycles. The predicted molar refractivity (Wildman–Crippen MR) is 120 cm³/mol. The van der Waals surface area contributed by atoms with Gasteiger partial charge in [0.1, 0.15) is 5.75 Å². The van der Waals surface area contributed by atoms with Crippen LogP contribution in [0.15, 0.2) is 53.5 Å². The van der Waals surface area contributed by atoms with Gasteiger partial charge in [-0.15, -0.1) is 0 Å². The number of nitrogens with one attached hydrogen (secondary N) is 3. The van der Waals surface area contributed by atoms with Gasteiger partial charge in [-0.2, -0.15) is 13.2 Å². The van der Waals surface area contributed by atoms with Gasteiger partial charge in [-0.3, -0.25) is 19.9 Å². The minimum Gasteiger partial charge on any atom is -0.481 e. The Bertz CT molecular complexity index is 964. The number of carbonyl (C=O) groups is 1. The molecule has 1 atom stereocenters. The van der Waals surface area contributed by atoms with Crippen molar-refractivity contribution in [2.45, 2.75) is 38.6 Å². The summed E-state index contributed by atoms with van der Waals surface area (Å²) >= 11 is 5.87. The predicted octanol–water partition coefficient (Wildman–Crippen LogP) is 5.52. The van der Waals surface area contributed by atoms with Crippen LogP contribution in [0.5, 0.6) is 5.75 Å². The standard InChI is InChI=1S/C22H23ClF4N4O2/c1-14(22(25,26)27)33-18-10-8-17(9-11-18)30-21(31-20(32)19(28)3-2-12-24)29-13-15-4-6-16(23)7-5-15/h4-11,14,28H,2-3,12-13H2,1H3,(H2,29,30,31,32)/t14-/m1/s1. The Hall–Kier alpha value is -3.14. The minimum absolute atomic E-state index is 0.0114. The first-order valence-electron chi connectivity index (χ1n) is 9.92. The van der Waals surface area contributed by atoms with Crippen LogP contribution in [0.1, 0.15) is 25.3 Å². The van der Waals surface area contributed by atoms with E-state index in [1.54, 1.807) is 24.3 Å². The topological polar surface area (TPSA) is 86.6 Å². The van der Waals surface area contributed by atoms with Crippen molar-refractivity contribution in [1.82, 2.24) is 5.32 Å². The van der Waals surface area contributed by atoms with E-state index in [0.717, 1.165) is 12.5 Å². The number of benzene rings is 2. The molecule has 0 spiro atoms. The maximum absolute atomic E-state index is 12.7. The molecule has 0 fully saturated rings. The van der Waals surface area contributed by atoms with E-state index < -0.39 is 24.9 Å². The van der Waals surface area contributed by atoms with E-state index in [2.05, 4.69) is 15.6 Å². The van der Waals surface area contributed by atoms with Gasteiger partial charge < -0.3 is 10.1 Å². The zero-order valence-electron chi connectivity index (χ0n) is 17.7. The van der Waals surface area contributed by atoms with Gasteiger partial charge in [-0.05, 0) is 61.7 Å². The van der Waals surface area contributed by atoms with Crippen LogP contribution in [0.2, 0.25) is 5.02 Å². The van der Waals surface area contributed by atoms with Gasteiger partial charge in [0.2, 0.25) is 5.96 Å². The fourth-order valence-electron chi connectivity index (χ4n) is 2.44. The molecule has 0 saturated carbocycles. The van der Waals surface area contributed by atoms with E-state index in [1.807, 2.05) is 0 Å². The van der Waals surface area contributed by atoms with Crippen molar-refractivity contribution in [3.63, 3.8) is 0 Å². The largest absolute Gasteiger partial charge is 0.481 e. The number of amides is 1. The molecule has 11 heteroatoms. The summed E-state index contributed by atoms with van der Waals surface area (Å²) in [6, 6.07) is 12.5. The van der Waals surface area contributed by atoms with Crippen LogP contribution in [0, 0.1) is 5.41 Å². The zero-order valence-corrected chi connectivity index (χ0v) is 18.4. The quantitative estimate of drug-likeness (QED) is 0.248. The first-order valence-corrected chi connectivity index (χ1v) is 10.3. The molecule has 33 heavy (non-hydrogen) atoms. The molecule has 1 amide bonds. The second-order valence-corrected chi connectivity index (χ2v) is 7.40. The van der Waals surface area contributed by atoms with Crippen LogP contribution >= 0.6 is 11.6 Å². The summed E-state index contributed by atoms with van der Waals surface area (Å²) in [4.78, 5) is 16.6. The molecule has 3 N–H and O–H groups in total. The summed E-state index contributed by atoms with van der Waals surface area (Å²) in [7, 11) is 0. The van der Waals surface area contributed by atoms with Crippen LogP contribution in [0.25, 0.3) is 0 Å². The molecule has 0 radical (unpaired) electrons. The summed E-state index contributed by atoms with van der Waals surface area (Å²) in [5, 5.41) is 13.6. The smallest absolute Gasteiger partial charge is 0.425 e. The average molecular weight is 487 g/mol. The van der Waals surface area contributed by atoms with Crippen LogP contribution in [-0.4, -0.2) is 36.5 Å². The Morgan fingerprint density at radius 3 is 2.36 bits per heavy atom. The van der Waals surface area contributed by atoms with Gasteiger partial charge in [0, 0.05) is 10.7 Å². The number of alkyl halides is 4. The summed E-state index contributed by atoms with van der Waals surface area (Å²) in [6.07, 6.45) is -6.44. The maximum atomic E-state index is 12.7. The van der Waals surface area contributed by atoms with Gasteiger partial charge in [0.25, 0.3) is 5.91 Å². The molecule has 0 saturated heterocycles. The second-order valence-electron chi connectivity index (χ2n) is 6.97. The Balaban J connectivity index is 2.13. The number of halogens is 5. The third kappa shape index (κ3) is 9.09. The van der Waals surface area contributed by atoms with Crippen LogP contribution in [0.4, 0.5) is 23.2 Å². The van der Waals surface area contributed by atoms with Crippen LogP contribution in [-0.2, 0) is 11.3 Å². The molecule has 178 valence electrons. The van der Waals surface area contributed by atoms with Crippen LogP contribution < -0.4 is 15.4 Å². The highest BCUT2D eigenvalue weighted by Gasteiger charge is 2.38. The molecular formula is C22H23ClF4N4O2. The van der Waals surface area contributed by atoms with Crippen molar-refractivity contribution in [3.05, 3.63) is 59.1 Å². The lowest BCUT2D eigenvalue weighted by molar-refractivity contribution is -0.189. The van der Waals surface area contributed by atoms with Crippen molar-refractivity contribution in [2.24, 2.45) is 4.99 Å². The van der Waals surface area contributed by atoms with Crippen molar-refractivity contribution < 1.29 is 27.1 Å². The van der Waals surface area contributed by atoms with Gasteiger partial charge in [-0.25, -0.2) is 4.99 Å². The van der Waals surface area contributed by atoms with Crippen molar-refractivity contribution in [3.8, 4) is 5.75 Å². The molecule has 2 rings (SSSR count). The van der Waals surface area contributed by atoms with E-state index in [4.69, 9.17) is 21.7 Å². The molecule has 2 aromatic rings. The third-order valence-electron chi connectivity index (χ3n) is 4.29. The molecule has 0 aliphatic carbocycles. The molecule has 0 aliphatic rings. The van der Waals surface area contributed by atoms with E-state index in [-0.39, 0.29) is 36.8 Å². The lowest BCUT2D eigenvalue weighted by atomic mass is 10.2. The van der Waals surface area contributed by atoms with Crippen molar-refractivity contribution in [1.29, 1.82) is 5.41 Å². The Labute approximate surface area is 193 Å². The molecule has 0 bridgehead atoms. The van der Waals surface area contributed by atoms with Gasteiger partial charge in [0.05, 0.1) is 18.9 Å². The first-order chi connectivity index (χ1) is 15.6. The first kappa shape index (κ1) is 26.1. The molecular weight excluding hydrogens is 464 g/mol. The number of hydrogen-bond acceptors (Lipinski definition) is 4. The van der Waals surface area contributed by atoms with Crippen molar-refractivity contribution >= 4 is 34.9 Å². The molecule has 2 aromatic carbocycles. The normalized spacial score (nSPS) is 12.7. The van der Waals surface area contributed by atoms with Gasteiger partial charge >= 0.3 is 6.18 Å². The number of anilines is 1. The fourth-order valence-corrected chi connectivity index (χ4v) is 2.56. The monoisotopic (exact) mass is 486 g/mol. The lowest BCUT2D eigenvalue weighted by Gasteiger charge is -2.18. The lowest BCUT2D eigenvalue weighted by Crippen LogP contribution is -2.40. The SMILES string of the molecule is C[C@@H](Oc1ccc(NC(=NCc2ccc(Cl)cc2)NC(=O)C(=N)CCCF)cc1)C(F)(F)F. The zero-order chi connectivity index (χ0) is 24.4. The summed E-state index contributed by atoms with van der Waals surface area (Å²) in [6.45, 7) is 0.426. The number of guanidine groups is 1. The molecule has 0 aromatic heterocycles. The third-order valence-corrected chi connectivity index (χ3v) is 4.54. The molecule has 6 nitrogen and oxygen atoms in total. The average Bonchev–Trinajstić information content (AvgIpc) is 2.77. The highest BCUT2D eigenvalue weighted by molar-refractivity contribution is 6.40. The number of carbonyl (C=O) groups excluding carboxylic acids is 1. The number of nitrogens with zero attached hydrogens (tertiary/aromatic N) is 1. The van der Waals surface area contributed by atoms with Crippen molar-refractivity contribution in [2.75, 3.05) is 12.0 Å². The maximum Gasteiger partial charge on any atom is 0.425 e. The number of ether oxygens (including phenoxy) is 1. The van der Waals surface area contributed by atoms with Gasteiger partial charge in [-0.1, -0.05) is 23.7 Å². The van der Waals surface area contributed by atoms with E-state index in [1.165, 1.54) is 24.3 Å². The Kier molecular flexibility index (Phi) is 9.65. The second kappa shape index (κ2) is 12.2. The molecule has 0 aliphatic heterocycles. The fraction of sp³-hybridized carbons (Fsp3) is 0.318. The Morgan fingerprint density at radius 2 is 1.79 bits per heavy atom. The summed E-state index contributed by atoms with van der Waals surface area (Å²) in [5.74, 6) is -0.718. The van der Waals surface area contributed by atoms with Crippen LogP contribution in [0.3, 0.4) is 0 Å². The highest BCUT2D eigenvalue weighted by Crippen LogP contribution is 2.25. The number of hydrogen-bond donors (Lipinski definition) is 3. The summed E-state index contributed by atoms with van der Waals surface area (Å²) in [5.41, 5.74) is 0.899. The Morgan fingerprint density at radius 1 is 1.15 bits per heavy atom. The van der Waals surface area contributed by atoms with E-state index in [0.29, 0.717) is 10.7 Å². The number of aliphatic imine (C=N–C) groups is 1. The molecule has 0 unspecified atom stereocenters. The highest BCUT2D eigenvalue weighted by atomic mass is 35.5. The minimum atomic E-state index is -4.49. The number of rotatable bonds is 9. The summed E-state index contributed by atoms with van der Waals surface area (Å²) < 4.78 is 55.2.